The van der Waals surface area contributed by atoms with Crippen LogP contribution >= 0.6 is 15.9 Å². The summed E-state index contributed by atoms with van der Waals surface area (Å²) in [5.74, 6) is 0. The van der Waals surface area contributed by atoms with Crippen LogP contribution < -0.4 is 5.32 Å². The van der Waals surface area contributed by atoms with E-state index in [0.29, 0.717) is 6.04 Å². The van der Waals surface area contributed by atoms with Crippen LogP contribution in [0.5, 0.6) is 0 Å². The Labute approximate surface area is 113 Å². The van der Waals surface area contributed by atoms with Crippen LogP contribution in [0.25, 0.3) is 0 Å². The molecule has 0 spiro atoms. The molecule has 94 valence electrons. The van der Waals surface area contributed by atoms with Crippen molar-refractivity contribution in [3.63, 3.8) is 0 Å². The molecule has 0 aromatic heterocycles. The molecule has 2 nitrogen and oxygen atoms in total. The molecule has 1 saturated heterocycles. The van der Waals surface area contributed by atoms with Crippen molar-refractivity contribution in [2.24, 2.45) is 0 Å². The van der Waals surface area contributed by atoms with Gasteiger partial charge in [-0.1, -0.05) is 41.1 Å². The highest BCUT2D eigenvalue weighted by molar-refractivity contribution is 9.10. The lowest BCUT2D eigenvalue weighted by Crippen LogP contribution is -2.32. The van der Waals surface area contributed by atoms with E-state index in [2.05, 4.69) is 57.3 Å². The predicted octanol–water partition coefficient (Wildman–Crippen LogP) is 3.20. The Morgan fingerprint density at radius 2 is 2.12 bits per heavy atom. The van der Waals surface area contributed by atoms with Gasteiger partial charge in [-0.25, -0.2) is 0 Å². The molecule has 1 aromatic carbocycles. The first-order chi connectivity index (χ1) is 8.33. The van der Waals surface area contributed by atoms with Crippen LogP contribution in [0.2, 0.25) is 0 Å². The molecule has 0 bridgehead atoms. The number of rotatable bonds is 3. The molecule has 1 unspecified atom stereocenters. The van der Waals surface area contributed by atoms with E-state index in [9.17, 15) is 0 Å². The molecule has 17 heavy (non-hydrogen) atoms. The van der Waals surface area contributed by atoms with Crippen LogP contribution in [0.15, 0.2) is 28.7 Å². The normalized spacial score (nSPS) is 19.9. The Hall–Kier alpha value is -0.380. The average Bonchev–Trinajstić information content (AvgIpc) is 2.62. The summed E-state index contributed by atoms with van der Waals surface area (Å²) in [6, 6.07) is 9.17. The molecule has 0 radical (unpaired) electrons. The zero-order valence-electron chi connectivity index (χ0n) is 10.5. The third kappa shape index (κ3) is 3.30. The lowest BCUT2D eigenvalue weighted by Gasteiger charge is -2.30. The van der Waals surface area contributed by atoms with Crippen LogP contribution in [0.1, 0.15) is 31.4 Å². The fourth-order valence-electron chi connectivity index (χ4n) is 2.60. The molecule has 1 aliphatic rings. The highest BCUT2D eigenvalue weighted by Gasteiger charge is 2.21. The first-order valence-corrected chi connectivity index (χ1v) is 7.31. The van der Waals surface area contributed by atoms with E-state index in [1.165, 1.54) is 29.4 Å². The third-order valence-electron chi connectivity index (χ3n) is 3.47. The highest BCUT2D eigenvalue weighted by atomic mass is 79.9. The van der Waals surface area contributed by atoms with Crippen molar-refractivity contribution in [2.45, 2.75) is 25.8 Å². The second-order valence-corrected chi connectivity index (χ2v) is 5.44. The van der Waals surface area contributed by atoms with Crippen molar-refractivity contribution in [2.75, 3.05) is 26.2 Å². The Balaban J connectivity index is 2.17. The molecule has 1 heterocycles. The summed E-state index contributed by atoms with van der Waals surface area (Å²) in [5, 5.41) is 3.47. The molecule has 1 atom stereocenters. The van der Waals surface area contributed by atoms with Gasteiger partial charge in [-0.2, -0.15) is 0 Å². The van der Waals surface area contributed by atoms with Gasteiger partial charge in [0, 0.05) is 30.1 Å². The zero-order valence-corrected chi connectivity index (χ0v) is 12.0. The molecule has 0 amide bonds. The van der Waals surface area contributed by atoms with Gasteiger partial charge >= 0.3 is 0 Å². The van der Waals surface area contributed by atoms with Crippen LogP contribution in [-0.2, 0) is 0 Å². The van der Waals surface area contributed by atoms with Crippen LogP contribution in [0.4, 0.5) is 0 Å². The van der Waals surface area contributed by atoms with Crippen molar-refractivity contribution in [3.05, 3.63) is 34.3 Å². The first kappa shape index (κ1) is 13.1. The quantitative estimate of drug-likeness (QED) is 0.921. The van der Waals surface area contributed by atoms with Crippen molar-refractivity contribution >= 4 is 15.9 Å². The minimum Gasteiger partial charge on any atom is -0.315 e. The van der Waals surface area contributed by atoms with E-state index in [1.54, 1.807) is 0 Å². The van der Waals surface area contributed by atoms with Crippen LogP contribution in [-0.4, -0.2) is 31.1 Å². The number of nitrogens with one attached hydrogen (secondary N) is 1. The summed E-state index contributed by atoms with van der Waals surface area (Å²) < 4.78 is 1.24. The summed E-state index contributed by atoms with van der Waals surface area (Å²) in [5.41, 5.74) is 1.43. The van der Waals surface area contributed by atoms with E-state index in [-0.39, 0.29) is 0 Å². The van der Waals surface area contributed by atoms with Gasteiger partial charge in [0.25, 0.3) is 0 Å². The summed E-state index contributed by atoms with van der Waals surface area (Å²) in [6.07, 6.45) is 2.42. The summed E-state index contributed by atoms with van der Waals surface area (Å²) in [6.45, 7) is 6.90. The van der Waals surface area contributed by atoms with Gasteiger partial charge in [-0.15, -0.1) is 0 Å². The maximum atomic E-state index is 3.68. The molecular weight excluding hydrogens is 276 g/mol. The van der Waals surface area contributed by atoms with Gasteiger partial charge in [0.1, 0.15) is 0 Å². The number of hydrogen-bond acceptors (Lipinski definition) is 2. The maximum absolute atomic E-state index is 3.68. The number of nitrogens with zero attached hydrogens (tertiary/aromatic N) is 1. The molecule has 2 rings (SSSR count). The summed E-state index contributed by atoms with van der Waals surface area (Å²) in [4.78, 5) is 2.61. The van der Waals surface area contributed by atoms with E-state index in [4.69, 9.17) is 0 Å². The van der Waals surface area contributed by atoms with Gasteiger partial charge in [0.05, 0.1) is 0 Å². The van der Waals surface area contributed by atoms with E-state index < -0.39 is 0 Å². The SMILES string of the molecule is CCC(c1ccccc1Br)N1CCCNCC1. The monoisotopic (exact) mass is 296 g/mol. The molecule has 1 N–H and O–H groups in total. The topological polar surface area (TPSA) is 15.3 Å². The minimum atomic E-state index is 0.547. The number of benzene rings is 1. The Morgan fingerprint density at radius 1 is 1.29 bits per heavy atom. The van der Waals surface area contributed by atoms with Crippen molar-refractivity contribution in [1.82, 2.24) is 10.2 Å². The molecule has 1 aliphatic heterocycles. The smallest absolute Gasteiger partial charge is 0.0357 e. The van der Waals surface area contributed by atoms with Gasteiger partial charge < -0.3 is 5.32 Å². The average molecular weight is 297 g/mol. The van der Waals surface area contributed by atoms with Crippen molar-refractivity contribution in [3.8, 4) is 0 Å². The highest BCUT2D eigenvalue weighted by Crippen LogP contribution is 2.30. The second-order valence-electron chi connectivity index (χ2n) is 4.59. The van der Waals surface area contributed by atoms with Gasteiger partial charge in [-0.3, -0.25) is 4.90 Å². The second kappa shape index (κ2) is 6.53. The van der Waals surface area contributed by atoms with Gasteiger partial charge in [-0.05, 0) is 31.0 Å². The molecule has 3 heteroatoms. The molecular formula is C14H21BrN2. The lowest BCUT2D eigenvalue weighted by atomic mass is 10.0. The lowest BCUT2D eigenvalue weighted by molar-refractivity contribution is 0.204. The third-order valence-corrected chi connectivity index (χ3v) is 4.19. The molecule has 1 fully saturated rings. The molecule has 0 aliphatic carbocycles. The number of halogens is 1. The van der Waals surface area contributed by atoms with Crippen molar-refractivity contribution in [1.29, 1.82) is 0 Å². The maximum Gasteiger partial charge on any atom is 0.0357 e. The Morgan fingerprint density at radius 3 is 2.88 bits per heavy atom. The first-order valence-electron chi connectivity index (χ1n) is 6.52. The predicted molar refractivity (Wildman–Crippen MR) is 76.2 cm³/mol. The van der Waals surface area contributed by atoms with Crippen molar-refractivity contribution < 1.29 is 0 Å². The van der Waals surface area contributed by atoms with E-state index in [0.717, 1.165) is 19.6 Å². The van der Waals surface area contributed by atoms with Crippen LogP contribution in [0.3, 0.4) is 0 Å². The fourth-order valence-corrected chi connectivity index (χ4v) is 3.15. The largest absolute Gasteiger partial charge is 0.315 e. The van der Waals surface area contributed by atoms with Crippen LogP contribution in [0, 0.1) is 0 Å². The Bertz CT molecular complexity index is 346. The van der Waals surface area contributed by atoms with Gasteiger partial charge in [0.2, 0.25) is 0 Å². The van der Waals surface area contributed by atoms with E-state index in [1.807, 2.05) is 0 Å². The van der Waals surface area contributed by atoms with Gasteiger partial charge in [0.15, 0.2) is 0 Å². The zero-order chi connectivity index (χ0) is 12.1. The minimum absolute atomic E-state index is 0.547. The summed E-state index contributed by atoms with van der Waals surface area (Å²) >= 11 is 3.68. The standard InChI is InChI=1S/C14H21BrN2/c1-2-14(12-6-3-4-7-13(12)15)17-10-5-8-16-9-11-17/h3-4,6-7,14,16H,2,5,8-11H2,1H3. The molecule has 1 aromatic rings. The fraction of sp³-hybridized carbons (Fsp3) is 0.571. The molecule has 0 saturated carbocycles. The van der Waals surface area contributed by atoms with E-state index >= 15 is 0 Å². The number of hydrogen-bond donors (Lipinski definition) is 1. The Kier molecular flexibility index (Phi) is 5.01. The summed E-state index contributed by atoms with van der Waals surface area (Å²) in [7, 11) is 0.